The molecule has 0 saturated carbocycles. The molecule has 1 heterocycles. The Morgan fingerprint density at radius 2 is 1.89 bits per heavy atom. The average Bonchev–Trinajstić information content (AvgIpc) is 2.39. The van der Waals surface area contributed by atoms with Crippen molar-refractivity contribution < 1.29 is 9.53 Å². The molecule has 1 amide bonds. The van der Waals surface area contributed by atoms with Crippen molar-refractivity contribution >= 4 is 18.3 Å². The number of amides is 1. The van der Waals surface area contributed by atoms with Crippen LogP contribution in [0.2, 0.25) is 0 Å². The van der Waals surface area contributed by atoms with Gasteiger partial charge in [0.2, 0.25) is 5.91 Å². The highest BCUT2D eigenvalue weighted by molar-refractivity contribution is 5.85. The second-order valence-corrected chi connectivity index (χ2v) is 4.76. The van der Waals surface area contributed by atoms with Gasteiger partial charge in [-0.1, -0.05) is 13.3 Å². The third-order valence-corrected chi connectivity index (χ3v) is 3.36. The van der Waals surface area contributed by atoms with Crippen LogP contribution in [-0.4, -0.2) is 67.7 Å². The number of carbonyl (C=O) groups is 1. The van der Waals surface area contributed by atoms with Gasteiger partial charge in [-0.25, -0.2) is 0 Å². The van der Waals surface area contributed by atoms with Crippen molar-refractivity contribution in [1.29, 1.82) is 0 Å². The summed E-state index contributed by atoms with van der Waals surface area (Å²) in [6, 6.07) is -0.315. The van der Waals surface area contributed by atoms with Crippen LogP contribution in [0.3, 0.4) is 0 Å². The molecular weight excluding hydrogens is 266 g/mol. The van der Waals surface area contributed by atoms with Crippen LogP contribution in [0, 0.1) is 0 Å². The monoisotopic (exact) mass is 293 g/mol. The van der Waals surface area contributed by atoms with E-state index >= 15 is 0 Å². The van der Waals surface area contributed by atoms with Crippen LogP contribution >= 0.6 is 12.4 Å². The number of hydrogen-bond acceptors (Lipinski definition) is 4. The molecule has 0 radical (unpaired) electrons. The summed E-state index contributed by atoms with van der Waals surface area (Å²) in [5.41, 5.74) is 5.87. The minimum atomic E-state index is -0.315. The molecular formula is C13H28ClN3O2. The van der Waals surface area contributed by atoms with E-state index in [0.717, 1.165) is 58.8 Å². The quantitative estimate of drug-likeness (QED) is 0.703. The van der Waals surface area contributed by atoms with Gasteiger partial charge in [0, 0.05) is 39.3 Å². The Kier molecular flexibility index (Phi) is 10.2. The van der Waals surface area contributed by atoms with Gasteiger partial charge in [0.1, 0.15) is 0 Å². The van der Waals surface area contributed by atoms with Crippen molar-refractivity contribution in [2.24, 2.45) is 5.73 Å². The first-order valence-electron chi connectivity index (χ1n) is 7.03. The first-order chi connectivity index (χ1) is 8.69. The molecule has 2 N–H and O–H groups in total. The molecule has 1 unspecified atom stereocenters. The molecule has 6 heteroatoms. The Balaban J connectivity index is 0.00000324. The Hall–Kier alpha value is -0.360. The maximum Gasteiger partial charge on any atom is 0.239 e. The first-order valence-corrected chi connectivity index (χ1v) is 7.03. The van der Waals surface area contributed by atoms with Crippen LogP contribution in [0.25, 0.3) is 0 Å². The highest BCUT2D eigenvalue weighted by Gasteiger charge is 2.24. The summed E-state index contributed by atoms with van der Waals surface area (Å²) >= 11 is 0. The molecule has 0 spiro atoms. The lowest BCUT2D eigenvalue weighted by Gasteiger charge is -2.35. The van der Waals surface area contributed by atoms with Crippen LogP contribution < -0.4 is 5.73 Å². The van der Waals surface area contributed by atoms with Crippen molar-refractivity contribution in [2.45, 2.75) is 32.7 Å². The molecule has 1 atom stereocenters. The lowest BCUT2D eigenvalue weighted by molar-refractivity contribution is -0.134. The van der Waals surface area contributed by atoms with Crippen molar-refractivity contribution in [3.05, 3.63) is 0 Å². The lowest BCUT2D eigenvalue weighted by Crippen LogP contribution is -2.53. The highest BCUT2D eigenvalue weighted by atomic mass is 35.5. The second kappa shape index (κ2) is 10.4. The second-order valence-electron chi connectivity index (χ2n) is 4.76. The molecule has 19 heavy (non-hydrogen) atoms. The molecule has 1 fully saturated rings. The molecule has 114 valence electrons. The van der Waals surface area contributed by atoms with Crippen molar-refractivity contribution in [1.82, 2.24) is 9.80 Å². The van der Waals surface area contributed by atoms with Gasteiger partial charge >= 0.3 is 0 Å². The number of nitrogens with zero attached hydrogens (tertiary/aromatic N) is 2. The number of rotatable bonds is 7. The predicted octanol–water partition coefficient (Wildman–Crippen LogP) is 0.716. The van der Waals surface area contributed by atoms with Gasteiger partial charge in [0.15, 0.2) is 0 Å². The largest absolute Gasteiger partial charge is 0.380 e. The SMILES string of the molecule is CCCC(N)C(=O)N1CCN(CCOCC)CC1.Cl. The summed E-state index contributed by atoms with van der Waals surface area (Å²) in [6.45, 7) is 10.0. The first kappa shape index (κ1) is 18.6. The minimum absolute atomic E-state index is 0. The molecule has 0 aliphatic carbocycles. The van der Waals surface area contributed by atoms with E-state index < -0.39 is 0 Å². The molecule has 0 aromatic carbocycles. The van der Waals surface area contributed by atoms with Gasteiger partial charge < -0.3 is 15.4 Å². The fourth-order valence-electron chi connectivity index (χ4n) is 2.20. The van der Waals surface area contributed by atoms with E-state index in [4.69, 9.17) is 10.5 Å². The maximum atomic E-state index is 12.0. The van der Waals surface area contributed by atoms with Gasteiger partial charge in [-0.3, -0.25) is 9.69 Å². The number of ether oxygens (including phenoxy) is 1. The zero-order valence-corrected chi connectivity index (χ0v) is 13.0. The van der Waals surface area contributed by atoms with E-state index in [9.17, 15) is 4.79 Å². The number of piperazine rings is 1. The topological polar surface area (TPSA) is 58.8 Å². The van der Waals surface area contributed by atoms with Gasteiger partial charge in [-0.05, 0) is 13.3 Å². The summed E-state index contributed by atoms with van der Waals surface area (Å²) in [4.78, 5) is 16.3. The van der Waals surface area contributed by atoms with Gasteiger partial charge in [0.25, 0.3) is 0 Å². The Morgan fingerprint density at radius 3 is 2.42 bits per heavy atom. The third kappa shape index (κ3) is 6.56. The number of halogens is 1. The summed E-state index contributed by atoms with van der Waals surface area (Å²) in [6.07, 6.45) is 1.74. The Morgan fingerprint density at radius 1 is 1.26 bits per heavy atom. The molecule has 1 rings (SSSR count). The van der Waals surface area contributed by atoms with Gasteiger partial charge in [-0.2, -0.15) is 0 Å². The van der Waals surface area contributed by atoms with E-state index in [2.05, 4.69) is 11.8 Å². The molecule has 0 aromatic rings. The predicted molar refractivity (Wildman–Crippen MR) is 79.6 cm³/mol. The van der Waals surface area contributed by atoms with Gasteiger partial charge in [-0.15, -0.1) is 12.4 Å². The molecule has 1 saturated heterocycles. The fourth-order valence-corrected chi connectivity index (χ4v) is 2.20. The van der Waals surface area contributed by atoms with Crippen LogP contribution in [0.1, 0.15) is 26.7 Å². The van der Waals surface area contributed by atoms with Crippen molar-refractivity contribution in [3.63, 3.8) is 0 Å². The molecule has 0 aromatic heterocycles. The van der Waals surface area contributed by atoms with Gasteiger partial charge in [0.05, 0.1) is 12.6 Å². The third-order valence-electron chi connectivity index (χ3n) is 3.36. The smallest absolute Gasteiger partial charge is 0.239 e. The zero-order valence-electron chi connectivity index (χ0n) is 12.1. The van der Waals surface area contributed by atoms with E-state index in [1.807, 2.05) is 11.8 Å². The van der Waals surface area contributed by atoms with E-state index in [1.165, 1.54) is 0 Å². The maximum absolute atomic E-state index is 12.0. The van der Waals surface area contributed by atoms with Crippen LogP contribution in [0.4, 0.5) is 0 Å². The average molecular weight is 294 g/mol. The summed E-state index contributed by atoms with van der Waals surface area (Å²) in [7, 11) is 0. The lowest BCUT2D eigenvalue weighted by atomic mass is 10.1. The standard InChI is InChI=1S/C13H27N3O2.ClH/c1-3-5-12(14)13(17)16-8-6-15(7-9-16)10-11-18-4-2;/h12H,3-11,14H2,1-2H3;1H. The molecule has 0 bridgehead atoms. The zero-order chi connectivity index (χ0) is 13.4. The van der Waals surface area contributed by atoms with E-state index in [0.29, 0.717) is 0 Å². The molecule has 1 aliphatic heterocycles. The number of carbonyl (C=O) groups excluding carboxylic acids is 1. The van der Waals surface area contributed by atoms with Crippen molar-refractivity contribution in [3.8, 4) is 0 Å². The van der Waals surface area contributed by atoms with E-state index in [1.54, 1.807) is 0 Å². The minimum Gasteiger partial charge on any atom is -0.380 e. The summed E-state index contributed by atoms with van der Waals surface area (Å²) < 4.78 is 5.34. The molecule has 5 nitrogen and oxygen atoms in total. The highest BCUT2D eigenvalue weighted by Crippen LogP contribution is 2.05. The van der Waals surface area contributed by atoms with E-state index in [-0.39, 0.29) is 24.4 Å². The normalized spacial score (nSPS) is 17.9. The summed E-state index contributed by atoms with van der Waals surface area (Å²) in [5.74, 6) is 0.112. The van der Waals surface area contributed by atoms with Crippen molar-refractivity contribution in [2.75, 3.05) is 45.9 Å². The number of hydrogen-bond donors (Lipinski definition) is 1. The summed E-state index contributed by atoms with van der Waals surface area (Å²) in [5, 5.41) is 0. The number of nitrogens with two attached hydrogens (primary N) is 1. The fraction of sp³-hybridized carbons (Fsp3) is 0.923. The van der Waals surface area contributed by atoms with Crippen LogP contribution in [-0.2, 0) is 9.53 Å². The van der Waals surface area contributed by atoms with Crippen LogP contribution in [0.5, 0.6) is 0 Å². The Labute approximate surface area is 122 Å². The Bertz CT molecular complexity index is 246. The molecule has 1 aliphatic rings. The van der Waals surface area contributed by atoms with Crippen LogP contribution in [0.15, 0.2) is 0 Å².